The fourth-order valence-corrected chi connectivity index (χ4v) is 6.85. The van der Waals surface area contributed by atoms with E-state index in [9.17, 15) is 40.2 Å². The Morgan fingerprint density at radius 1 is 0.620 bits per heavy atom. The molecular formula is C31H51NO18. The molecule has 0 aliphatic carbocycles. The van der Waals surface area contributed by atoms with E-state index in [4.69, 9.17) is 47.4 Å². The summed E-state index contributed by atoms with van der Waals surface area (Å²) in [5.74, 6) is 0. The molecule has 50 heavy (non-hydrogen) atoms. The molecule has 1 amide bonds. The molecule has 19 heteroatoms. The quantitative estimate of drug-likeness (QED) is 0.0964. The number of carbonyl (C=O) groups is 2. The predicted molar refractivity (Wildman–Crippen MR) is 161 cm³/mol. The third-order valence-corrected chi connectivity index (χ3v) is 9.81. The smallest absolute Gasteiger partial charge is 0.207 e. The SMILES string of the molecule is CO[C@H]1C[C@@H](O)[C@@H](O[C@H]2C[C@@H](O)[C@@H](O[C@@H]3OC(C)[C@H](O[C@@H]4O[C@@H](C=O)[C@H](O[C@H]5C[C@@H](O)[C@@H](O)[C@H](C)O5)[C@H](O)C4O)CC3NC=O)CO2)C(C)O1. The van der Waals surface area contributed by atoms with Crippen molar-refractivity contribution >= 4 is 12.7 Å². The van der Waals surface area contributed by atoms with Crippen LogP contribution in [0.25, 0.3) is 0 Å². The van der Waals surface area contributed by atoms with Gasteiger partial charge in [0.1, 0.15) is 42.7 Å². The second kappa shape index (κ2) is 17.5. The van der Waals surface area contributed by atoms with Crippen molar-refractivity contribution in [1.82, 2.24) is 5.32 Å². The lowest BCUT2D eigenvalue weighted by Gasteiger charge is -2.46. The number of nitrogens with one attached hydrogen (secondary N) is 1. The highest BCUT2D eigenvalue weighted by molar-refractivity contribution is 5.57. The number of hydrogen-bond acceptors (Lipinski definition) is 18. The summed E-state index contributed by atoms with van der Waals surface area (Å²) in [6.07, 6.45) is -18.9. The molecule has 20 atom stereocenters. The molecular weight excluding hydrogens is 674 g/mol. The van der Waals surface area contributed by atoms with Crippen LogP contribution in [-0.2, 0) is 57.0 Å². The molecule has 5 fully saturated rings. The van der Waals surface area contributed by atoms with E-state index in [1.807, 2.05) is 0 Å². The van der Waals surface area contributed by atoms with Gasteiger partial charge in [0.25, 0.3) is 0 Å². The number of rotatable bonds is 12. The van der Waals surface area contributed by atoms with Crippen LogP contribution >= 0.6 is 0 Å². The Hall–Kier alpha value is -1.50. The van der Waals surface area contributed by atoms with E-state index < -0.39 is 123 Å². The van der Waals surface area contributed by atoms with Gasteiger partial charge in [-0.3, -0.25) is 4.79 Å². The summed E-state index contributed by atoms with van der Waals surface area (Å²) in [5, 5.41) is 65.9. The van der Waals surface area contributed by atoms with Gasteiger partial charge in [0.05, 0.1) is 55.4 Å². The average molecular weight is 726 g/mol. The van der Waals surface area contributed by atoms with Crippen LogP contribution in [-0.4, -0.2) is 180 Å². The van der Waals surface area contributed by atoms with Gasteiger partial charge in [-0.05, 0) is 20.8 Å². The van der Waals surface area contributed by atoms with E-state index in [1.165, 1.54) is 14.0 Å². The van der Waals surface area contributed by atoms with Gasteiger partial charge in [-0.1, -0.05) is 0 Å². The first kappa shape index (κ1) is 39.7. The second-order valence-electron chi connectivity index (χ2n) is 13.4. The van der Waals surface area contributed by atoms with Crippen molar-refractivity contribution in [1.29, 1.82) is 0 Å². The minimum absolute atomic E-state index is 0.0182. The van der Waals surface area contributed by atoms with Gasteiger partial charge >= 0.3 is 0 Å². The summed E-state index contributed by atoms with van der Waals surface area (Å²) in [6, 6.07) is -0.796. The summed E-state index contributed by atoms with van der Waals surface area (Å²) in [7, 11) is 1.48. The molecule has 5 aliphatic heterocycles. The van der Waals surface area contributed by atoms with Crippen molar-refractivity contribution in [2.24, 2.45) is 0 Å². The highest BCUT2D eigenvalue weighted by Gasteiger charge is 2.50. The van der Waals surface area contributed by atoms with Gasteiger partial charge in [0.15, 0.2) is 37.7 Å². The lowest BCUT2D eigenvalue weighted by molar-refractivity contribution is -0.350. The Kier molecular flexibility index (Phi) is 13.9. The number of hydrogen-bond donors (Lipinski definition) is 7. The monoisotopic (exact) mass is 725 g/mol. The van der Waals surface area contributed by atoms with Crippen LogP contribution in [0.3, 0.4) is 0 Å². The van der Waals surface area contributed by atoms with Crippen LogP contribution in [0, 0.1) is 0 Å². The van der Waals surface area contributed by atoms with E-state index in [-0.39, 0.29) is 32.3 Å². The lowest BCUT2D eigenvalue weighted by atomic mass is 9.97. The van der Waals surface area contributed by atoms with Crippen LogP contribution in [0.5, 0.6) is 0 Å². The molecule has 0 saturated carbocycles. The molecule has 5 heterocycles. The Balaban J connectivity index is 1.14. The number of methoxy groups -OCH3 is 1. The second-order valence-corrected chi connectivity index (χ2v) is 13.4. The predicted octanol–water partition coefficient (Wildman–Crippen LogP) is -3.47. The highest BCUT2D eigenvalue weighted by Crippen LogP contribution is 2.33. The van der Waals surface area contributed by atoms with Gasteiger partial charge < -0.3 is 88.1 Å². The van der Waals surface area contributed by atoms with Gasteiger partial charge in [-0.25, -0.2) is 0 Å². The van der Waals surface area contributed by atoms with E-state index >= 15 is 0 Å². The minimum atomic E-state index is -1.69. The normalized spacial score (nSPS) is 50.4. The van der Waals surface area contributed by atoms with E-state index in [0.29, 0.717) is 12.7 Å². The number of ether oxygens (including phenoxy) is 10. The molecule has 5 rings (SSSR count). The topological polar surface area (TPSA) is 260 Å². The average Bonchev–Trinajstić information content (AvgIpc) is 3.07. The first-order chi connectivity index (χ1) is 23.8. The zero-order valence-electron chi connectivity index (χ0n) is 28.3. The first-order valence-corrected chi connectivity index (χ1v) is 16.9. The fourth-order valence-electron chi connectivity index (χ4n) is 6.85. The molecule has 0 aromatic carbocycles. The fraction of sp³-hybridized carbons (Fsp3) is 0.935. The van der Waals surface area contributed by atoms with Crippen LogP contribution in [0.4, 0.5) is 0 Å². The van der Waals surface area contributed by atoms with Gasteiger partial charge in [-0.15, -0.1) is 0 Å². The molecule has 0 radical (unpaired) electrons. The molecule has 288 valence electrons. The first-order valence-electron chi connectivity index (χ1n) is 16.9. The van der Waals surface area contributed by atoms with Gasteiger partial charge in [0.2, 0.25) is 6.41 Å². The van der Waals surface area contributed by atoms with E-state index in [0.717, 1.165) is 0 Å². The Bertz CT molecular complexity index is 1070. The summed E-state index contributed by atoms with van der Waals surface area (Å²) in [5.41, 5.74) is 0. The molecule has 5 saturated heterocycles. The molecule has 0 aromatic rings. The van der Waals surface area contributed by atoms with Crippen molar-refractivity contribution in [3.8, 4) is 0 Å². The Morgan fingerprint density at radius 2 is 1.28 bits per heavy atom. The van der Waals surface area contributed by atoms with Crippen molar-refractivity contribution in [2.75, 3.05) is 13.7 Å². The molecule has 0 bridgehead atoms. The summed E-state index contributed by atoms with van der Waals surface area (Å²) >= 11 is 0. The molecule has 0 spiro atoms. The molecule has 5 aliphatic rings. The Labute approximate surface area is 288 Å². The maximum Gasteiger partial charge on any atom is 0.207 e. The molecule has 7 N–H and O–H groups in total. The number of amides is 1. The number of aldehydes is 1. The van der Waals surface area contributed by atoms with Crippen molar-refractivity contribution in [2.45, 2.75) is 169 Å². The number of aliphatic hydroxyl groups excluding tert-OH is 6. The van der Waals surface area contributed by atoms with Gasteiger partial charge in [-0.2, -0.15) is 0 Å². The van der Waals surface area contributed by atoms with Crippen LogP contribution < -0.4 is 5.32 Å². The highest BCUT2D eigenvalue weighted by atomic mass is 16.8. The maximum absolute atomic E-state index is 12.0. The Morgan fingerprint density at radius 3 is 1.92 bits per heavy atom. The minimum Gasteiger partial charge on any atom is -0.390 e. The zero-order chi connectivity index (χ0) is 36.3. The van der Waals surface area contributed by atoms with E-state index in [1.54, 1.807) is 13.8 Å². The number of carbonyl (C=O) groups excluding carboxylic acids is 2. The van der Waals surface area contributed by atoms with Crippen LogP contribution in [0.2, 0.25) is 0 Å². The van der Waals surface area contributed by atoms with Gasteiger partial charge in [0, 0.05) is 32.8 Å². The largest absolute Gasteiger partial charge is 0.390 e. The molecule has 4 unspecified atom stereocenters. The summed E-state index contributed by atoms with van der Waals surface area (Å²) in [4.78, 5) is 23.5. The van der Waals surface area contributed by atoms with Crippen molar-refractivity contribution in [3.63, 3.8) is 0 Å². The van der Waals surface area contributed by atoms with E-state index in [2.05, 4.69) is 5.32 Å². The standard InChI is InChI=1S/C31H51NO18/c1-12-19(46-31-27(40)26(39)29(20(9-33)47-31)50-24-7-17(36)25(38)13(2)43-24)5-15(32-11-34)30(45-12)48-21-10-42-23(6-16(21)35)49-28-14(3)44-22(41-4)8-18(28)37/h9,11-31,35-40H,5-8,10H2,1-4H3,(H,32,34)/t12?,13-,14?,15?,16+,17+,18+,19+,20-,21-,22+,23-,24-,25-,26+,27?,28-,29-,30-,31+/m0/s1. The number of aliphatic hydroxyl groups is 6. The molecule has 0 aromatic heterocycles. The zero-order valence-corrected chi connectivity index (χ0v) is 28.3. The van der Waals surface area contributed by atoms with Crippen molar-refractivity contribution in [3.05, 3.63) is 0 Å². The summed E-state index contributed by atoms with van der Waals surface area (Å²) < 4.78 is 57.6. The van der Waals surface area contributed by atoms with Crippen LogP contribution in [0.15, 0.2) is 0 Å². The third kappa shape index (κ3) is 9.16. The molecule has 19 nitrogen and oxygen atoms in total. The maximum atomic E-state index is 12.0. The van der Waals surface area contributed by atoms with Crippen LogP contribution in [0.1, 0.15) is 46.5 Å². The third-order valence-electron chi connectivity index (χ3n) is 9.81. The van der Waals surface area contributed by atoms with Crippen molar-refractivity contribution < 1.29 is 87.6 Å². The lowest BCUT2D eigenvalue weighted by Crippen LogP contribution is -2.63. The summed E-state index contributed by atoms with van der Waals surface area (Å²) in [6.45, 7) is 4.83.